The Morgan fingerprint density at radius 1 is 1.04 bits per heavy atom. The van der Waals surface area contributed by atoms with Gasteiger partial charge in [-0.2, -0.15) is 5.10 Å². The number of nitrogens with zero attached hydrogens (tertiary/aromatic N) is 4. The first-order valence-electron chi connectivity index (χ1n) is 8.61. The molecule has 0 aliphatic carbocycles. The van der Waals surface area contributed by atoms with E-state index in [0.29, 0.717) is 18.8 Å². The highest BCUT2D eigenvalue weighted by Crippen LogP contribution is 2.32. The van der Waals surface area contributed by atoms with Crippen molar-refractivity contribution in [3.63, 3.8) is 0 Å². The molecule has 7 heteroatoms. The second kappa shape index (κ2) is 7.03. The third kappa shape index (κ3) is 3.46. The van der Waals surface area contributed by atoms with Crippen LogP contribution in [0.4, 0.5) is 5.82 Å². The molecule has 2 aliphatic rings. The van der Waals surface area contributed by atoms with Crippen molar-refractivity contribution in [1.82, 2.24) is 15.1 Å². The largest absolute Gasteiger partial charge is 0.454 e. The Morgan fingerprint density at radius 3 is 2.62 bits per heavy atom. The van der Waals surface area contributed by atoms with E-state index >= 15 is 0 Å². The van der Waals surface area contributed by atoms with Gasteiger partial charge in [0, 0.05) is 32.3 Å². The van der Waals surface area contributed by atoms with Crippen molar-refractivity contribution in [2.24, 2.45) is 0 Å². The average molecular weight is 352 g/mol. The summed E-state index contributed by atoms with van der Waals surface area (Å²) < 4.78 is 10.6. The number of amides is 1. The Kier molecular flexibility index (Phi) is 4.43. The van der Waals surface area contributed by atoms with Crippen molar-refractivity contribution in [2.45, 2.75) is 6.92 Å². The fourth-order valence-electron chi connectivity index (χ4n) is 3.01. The number of benzene rings is 1. The van der Waals surface area contributed by atoms with E-state index in [1.54, 1.807) is 6.08 Å². The summed E-state index contributed by atoms with van der Waals surface area (Å²) in [6.07, 6.45) is 3.42. The van der Waals surface area contributed by atoms with Crippen molar-refractivity contribution in [1.29, 1.82) is 0 Å². The van der Waals surface area contributed by atoms with Gasteiger partial charge in [-0.25, -0.2) is 0 Å². The van der Waals surface area contributed by atoms with E-state index in [-0.39, 0.29) is 12.7 Å². The fraction of sp³-hybridized carbons (Fsp3) is 0.316. The molecule has 1 fully saturated rings. The normalized spacial score (nSPS) is 16.3. The van der Waals surface area contributed by atoms with Gasteiger partial charge in [0.25, 0.3) is 0 Å². The maximum absolute atomic E-state index is 12.4. The molecule has 1 saturated heterocycles. The minimum absolute atomic E-state index is 0.0114. The molecule has 0 radical (unpaired) electrons. The zero-order chi connectivity index (χ0) is 17.9. The van der Waals surface area contributed by atoms with Crippen LogP contribution < -0.4 is 14.4 Å². The molecule has 0 bridgehead atoms. The second-order valence-electron chi connectivity index (χ2n) is 6.29. The molecule has 7 nitrogen and oxygen atoms in total. The maximum Gasteiger partial charge on any atom is 0.246 e. The highest BCUT2D eigenvalue weighted by molar-refractivity contribution is 5.92. The molecule has 4 rings (SSSR count). The van der Waals surface area contributed by atoms with Crippen LogP contribution in [0.3, 0.4) is 0 Å². The molecule has 0 saturated carbocycles. The van der Waals surface area contributed by atoms with Gasteiger partial charge in [0.1, 0.15) is 0 Å². The van der Waals surface area contributed by atoms with E-state index in [0.717, 1.165) is 35.9 Å². The minimum atomic E-state index is 0.0114. The molecule has 3 heterocycles. The summed E-state index contributed by atoms with van der Waals surface area (Å²) in [5.41, 5.74) is 1.81. The molecule has 1 aromatic carbocycles. The topological polar surface area (TPSA) is 67.8 Å². The fourth-order valence-corrected chi connectivity index (χ4v) is 3.01. The number of carbonyl (C=O) groups is 1. The molecule has 26 heavy (non-hydrogen) atoms. The van der Waals surface area contributed by atoms with Crippen LogP contribution in [0.25, 0.3) is 6.08 Å². The lowest BCUT2D eigenvalue weighted by molar-refractivity contribution is -0.126. The number of aryl methyl sites for hydroxylation is 1. The highest BCUT2D eigenvalue weighted by Gasteiger charge is 2.20. The van der Waals surface area contributed by atoms with Crippen molar-refractivity contribution in [2.75, 3.05) is 37.9 Å². The molecule has 2 aromatic rings. The van der Waals surface area contributed by atoms with Crippen LogP contribution in [0.1, 0.15) is 11.3 Å². The lowest BCUT2D eigenvalue weighted by Gasteiger charge is -2.34. The lowest BCUT2D eigenvalue weighted by atomic mass is 10.2. The van der Waals surface area contributed by atoms with E-state index < -0.39 is 0 Å². The Labute approximate surface area is 151 Å². The summed E-state index contributed by atoms with van der Waals surface area (Å²) in [5.74, 6) is 2.33. The third-order valence-electron chi connectivity index (χ3n) is 4.51. The Bertz CT molecular complexity index is 827. The summed E-state index contributed by atoms with van der Waals surface area (Å²) in [7, 11) is 0. The number of anilines is 1. The van der Waals surface area contributed by atoms with Crippen molar-refractivity contribution < 1.29 is 14.3 Å². The van der Waals surface area contributed by atoms with E-state index in [2.05, 4.69) is 15.1 Å². The summed E-state index contributed by atoms with van der Waals surface area (Å²) in [6, 6.07) is 9.56. The smallest absolute Gasteiger partial charge is 0.246 e. The number of ether oxygens (including phenoxy) is 2. The van der Waals surface area contributed by atoms with Crippen molar-refractivity contribution in [3.05, 3.63) is 47.7 Å². The molecule has 134 valence electrons. The Balaban J connectivity index is 1.34. The van der Waals surface area contributed by atoms with E-state index in [1.807, 2.05) is 48.2 Å². The number of fused-ring (bicyclic) bond motifs is 1. The Hall–Kier alpha value is -3.09. The minimum Gasteiger partial charge on any atom is -0.454 e. The first kappa shape index (κ1) is 16.4. The summed E-state index contributed by atoms with van der Waals surface area (Å²) >= 11 is 0. The summed E-state index contributed by atoms with van der Waals surface area (Å²) in [5, 5.41) is 8.31. The van der Waals surface area contributed by atoms with Crippen LogP contribution in [0.2, 0.25) is 0 Å². The van der Waals surface area contributed by atoms with E-state index in [4.69, 9.17) is 9.47 Å². The van der Waals surface area contributed by atoms with Crippen molar-refractivity contribution >= 4 is 17.8 Å². The molecular formula is C19H20N4O3. The van der Waals surface area contributed by atoms with Crippen LogP contribution in [0.5, 0.6) is 11.5 Å². The number of hydrogen-bond donors (Lipinski definition) is 0. The van der Waals surface area contributed by atoms with Gasteiger partial charge in [0.05, 0.1) is 5.69 Å². The van der Waals surface area contributed by atoms with Gasteiger partial charge in [0.2, 0.25) is 12.7 Å². The highest BCUT2D eigenvalue weighted by atomic mass is 16.7. The zero-order valence-electron chi connectivity index (χ0n) is 14.6. The molecule has 2 aliphatic heterocycles. The van der Waals surface area contributed by atoms with Gasteiger partial charge < -0.3 is 19.3 Å². The predicted molar refractivity (Wildman–Crippen MR) is 97.2 cm³/mol. The third-order valence-corrected chi connectivity index (χ3v) is 4.51. The molecule has 0 N–H and O–H groups in total. The molecule has 0 atom stereocenters. The SMILES string of the molecule is Cc1ccc(N2CCN(C(=O)/C=C/c3ccc4c(c3)OCO4)CC2)nn1. The average Bonchev–Trinajstić information content (AvgIpc) is 3.15. The van der Waals surface area contributed by atoms with E-state index in [9.17, 15) is 4.79 Å². The first-order valence-corrected chi connectivity index (χ1v) is 8.61. The summed E-state index contributed by atoms with van der Waals surface area (Å²) in [4.78, 5) is 16.4. The maximum atomic E-state index is 12.4. The monoisotopic (exact) mass is 352 g/mol. The zero-order valence-corrected chi connectivity index (χ0v) is 14.6. The van der Waals surface area contributed by atoms with Gasteiger partial charge in [-0.05, 0) is 42.8 Å². The number of rotatable bonds is 3. The van der Waals surface area contributed by atoms with Gasteiger partial charge >= 0.3 is 0 Å². The predicted octanol–water partition coefficient (Wildman–Crippen LogP) is 1.88. The van der Waals surface area contributed by atoms with Gasteiger partial charge in [-0.1, -0.05) is 6.07 Å². The molecule has 0 unspecified atom stereocenters. The van der Waals surface area contributed by atoms with Crippen LogP contribution in [0.15, 0.2) is 36.4 Å². The Morgan fingerprint density at radius 2 is 1.85 bits per heavy atom. The molecule has 0 spiro atoms. The standard InChI is InChI=1S/C19H20N4O3/c1-14-2-6-18(21-20-14)22-8-10-23(11-9-22)19(24)7-4-15-3-5-16-17(12-15)26-13-25-16/h2-7,12H,8-11,13H2,1H3/b7-4+. The van der Waals surface area contributed by atoms with Gasteiger partial charge in [0.15, 0.2) is 17.3 Å². The van der Waals surface area contributed by atoms with Crippen molar-refractivity contribution in [3.8, 4) is 11.5 Å². The molecular weight excluding hydrogens is 332 g/mol. The van der Waals surface area contributed by atoms with Crippen LogP contribution in [0, 0.1) is 6.92 Å². The number of aromatic nitrogens is 2. The number of hydrogen-bond acceptors (Lipinski definition) is 6. The van der Waals surface area contributed by atoms with Gasteiger partial charge in [-0.15, -0.1) is 5.10 Å². The van der Waals surface area contributed by atoms with Crippen LogP contribution >= 0.6 is 0 Å². The van der Waals surface area contributed by atoms with E-state index in [1.165, 1.54) is 0 Å². The number of carbonyl (C=O) groups excluding carboxylic acids is 1. The second-order valence-corrected chi connectivity index (χ2v) is 6.29. The number of piperazine rings is 1. The molecule has 1 amide bonds. The van der Waals surface area contributed by atoms with Gasteiger partial charge in [-0.3, -0.25) is 4.79 Å². The summed E-state index contributed by atoms with van der Waals surface area (Å²) in [6.45, 7) is 5.00. The molecule has 1 aromatic heterocycles. The first-order chi connectivity index (χ1) is 12.7. The van der Waals surface area contributed by atoms with Crippen LogP contribution in [-0.4, -0.2) is 54.0 Å². The van der Waals surface area contributed by atoms with Crippen LogP contribution in [-0.2, 0) is 4.79 Å². The quantitative estimate of drug-likeness (QED) is 0.786. The lowest BCUT2D eigenvalue weighted by Crippen LogP contribution is -2.48.